The van der Waals surface area contributed by atoms with Crippen LogP contribution in [-0.4, -0.2) is 10.2 Å². The van der Waals surface area contributed by atoms with Gasteiger partial charge in [0.15, 0.2) is 0 Å². The zero-order chi connectivity index (χ0) is 13.9. The molecule has 0 aliphatic rings. The molecule has 3 rings (SSSR count). The van der Waals surface area contributed by atoms with Crippen LogP contribution in [0.1, 0.15) is 5.56 Å². The molecule has 0 radical (unpaired) electrons. The van der Waals surface area contributed by atoms with Gasteiger partial charge in [0.05, 0.1) is 11.4 Å². The van der Waals surface area contributed by atoms with E-state index in [9.17, 15) is 0 Å². The molecule has 3 N–H and O–H groups in total. The zero-order valence-electron chi connectivity index (χ0n) is 10.8. The number of nitrogens with zero attached hydrogens (tertiary/aromatic N) is 1. The first-order valence-corrected chi connectivity index (χ1v) is 6.75. The zero-order valence-corrected chi connectivity index (χ0v) is 11.6. The Morgan fingerprint density at radius 1 is 0.950 bits per heavy atom. The summed E-state index contributed by atoms with van der Waals surface area (Å²) in [6.07, 6.45) is 0. The van der Waals surface area contributed by atoms with Crippen LogP contribution >= 0.6 is 11.6 Å². The minimum absolute atomic E-state index is 0.555. The van der Waals surface area contributed by atoms with Crippen molar-refractivity contribution in [2.24, 2.45) is 5.73 Å². The Bertz CT molecular complexity index is 699. The topological polar surface area (TPSA) is 54.7 Å². The highest BCUT2D eigenvalue weighted by molar-refractivity contribution is 6.30. The van der Waals surface area contributed by atoms with E-state index in [0.29, 0.717) is 6.54 Å². The third-order valence-electron chi connectivity index (χ3n) is 3.22. The van der Waals surface area contributed by atoms with Crippen molar-refractivity contribution < 1.29 is 0 Å². The molecule has 1 heterocycles. The largest absolute Gasteiger partial charge is 0.326 e. The normalized spacial score (nSPS) is 10.7. The van der Waals surface area contributed by atoms with Crippen molar-refractivity contribution in [2.75, 3.05) is 0 Å². The second-order valence-corrected chi connectivity index (χ2v) is 5.01. The van der Waals surface area contributed by atoms with Gasteiger partial charge < -0.3 is 5.73 Å². The molecule has 3 aromatic rings. The summed E-state index contributed by atoms with van der Waals surface area (Å²) in [5.41, 5.74) is 10.7. The average Bonchev–Trinajstić information content (AvgIpc) is 2.98. The number of aromatic amines is 1. The predicted molar refractivity (Wildman–Crippen MR) is 82.4 cm³/mol. The molecular formula is C16H14ClN3. The molecule has 0 spiro atoms. The molecule has 0 saturated carbocycles. The van der Waals surface area contributed by atoms with Gasteiger partial charge in [0.2, 0.25) is 0 Å². The molecule has 3 nitrogen and oxygen atoms in total. The van der Waals surface area contributed by atoms with Gasteiger partial charge in [0, 0.05) is 17.1 Å². The molecule has 1 aromatic heterocycles. The van der Waals surface area contributed by atoms with Crippen LogP contribution in [0.25, 0.3) is 22.5 Å². The molecule has 0 saturated heterocycles. The average molecular weight is 284 g/mol. The number of benzene rings is 2. The maximum Gasteiger partial charge on any atom is 0.0927 e. The lowest BCUT2D eigenvalue weighted by molar-refractivity contribution is 1.07. The molecule has 0 bridgehead atoms. The van der Waals surface area contributed by atoms with Crippen LogP contribution in [-0.2, 0) is 6.54 Å². The van der Waals surface area contributed by atoms with Crippen molar-refractivity contribution in [2.45, 2.75) is 6.54 Å². The van der Waals surface area contributed by atoms with Gasteiger partial charge in [-0.25, -0.2) is 0 Å². The van der Waals surface area contributed by atoms with Gasteiger partial charge in [-0.3, -0.25) is 5.10 Å². The molecule has 4 heteroatoms. The fourth-order valence-electron chi connectivity index (χ4n) is 2.06. The molecule has 0 atom stereocenters. The molecule has 0 aliphatic heterocycles. The van der Waals surface area contributed by atoms with E-state index in [0.717, 1.165) is 33.1 Å². The number of nitrogens with one attached hydrogen (secondary N) is 1. The molecule has 100 valence electrons. The summed E-state index contributed by atoms with van der Waals surface area (Å²) in [6.45, 7) is 0.555. The Balaban J connectivity index is 1.91. The fraction of sp³-hybridized carbons (Fsp3) is 0.0625. The monoisotopic (exact) mass is 283 g/mol. The quantitative estimate of drug-likeness (QED) is 0.767. The summed E-state index contributed by atoms with van der Waals surface area (Å²) in [6, 6.07) is 17.8. The van der Waals surface area contributed by atoms with Crippen molar-refractivity contribution in [3.05, 3.63) is 65.2 Å². The second kappa shape index (κ2) is 5.49. The molecule has 0 unspecified atom stereocenters. The third kappa shape index (κ3) is 2.59. The number of H-pyrrole nitrogens is 1. The van der Waals surface area contributed by atoms with E-state index in [2.05, 4.69) is 10.2 Å². The summed E-state index contributed by atoms with van der Waals surface area (Å²) < 4.78 is 0. The van der Waals surface area contributed by atoms with Crippen LogP contribution in [0.15, 0.2) is 54.6 Å². The standard InChI is InChI=1S/C16H14ClN3/c17-14-7-5-13(6-8-14)16-9-15(19-20-16)12-3-1-11(10-18)2-4-12/h1-9H,10,18H2,(H,19,20). The number of nitrogens with two attached hydrogens (primary N) is 1. The van der Waals surface area contributed by atoms with E-state index >= 15 is 0 Å². The van der Waals surface area contributed by atoms with Crippen molar-refractivity contribution >= 4 is 11.6 Å². The lowest BCUT2D eigenvalue weighted by Crippen LogP contribution is -1.95. The highest BCUT2D eigenvalue weighted by Crippen LogP contribution is 2.25. The van der Waals surface area contributed by atoms with Crippen LogP contribution in [0.4, 0.5) is 0 Å². The number of aromatic nitrogens is 2. The Morgan fingerprint density at radius 3 is 2.25 bits per heavy atom. The first-order chi connectivity index (χ1) is 9.76. The highest BCUT2D eigenvalue weighted by atomic mass is 35.5. The van der Waals surface area contributed by atoms with E-state index in [1.165, 1.54) is 0 Å². The van der Waals surface area contributed by atoms with E-state index in [1.54, 1.807) is 0 Å². The minimum Gasteiger partial charge on any atom is -0.326 e. The highest BCUT2D eigenvalue weighted by Gasteiger charge is 2.05. The number of rotatable bonds is 3. The van der Waals surface area contributed by atoms with Crippen LogP contribution in [0.2, 0.25) is 5.02 Å². The summed E-state index contributed by atoms with van der Waals surface area (Å²) in [5.74, 6) is 0. The van der Waals surface area contributed by atoms with Crippen molar-refractivity contribution in [3.8, 4) is 22.5 Å². The van der Waals surface area contributed by atoms with E-state index in [1.807, 2.05) is 54.6 Å². The van der Waals surface area contributed by atoms with Gasteiger partial charge in [-0.05, 0) is 29.3 Å². The number of hydrogen-bond acceptors (Lipinski definition) is 2. The van der Waals surface area contributed by atoms with Gasteiger partial charge >= 0.3 is 0 Å². The third-order valence-corrected chi connectivity index (χ3v) is 3.47. The van der Waals surface area contributed by atoms with Crippen molar-refractivity contribution in [3.63, 3.8) is 0 Å². The van der Waals surface area contributed by atoms with Gasteiger partial charge in [0.1, 0.15) is 0 Å². The molecule has 20 heavy (non-hydrogen) atoms. The van der Waals surface area contributed by atoms with E-state index in [4.69, 9.17) is 17.3 Å². The Hall–Kier alpha value is -2.10. The summed E-state index contributed by atoms with van der Waals surface area (Å²) in [7, 11) is 0. The van der Waals surface area contributed by atoms with Crippen LogP contribution in [0.5, 0.6) is 0 Å². The molecule has 2 aromatic carbocycles. The summed E-state index contributed by atoms with van der Waals surface area (Å²) in [5, 5.41) is 8.12. The lowest BCUT2D eigenvalue weighted by Gasteiger charge is -1.99. The molecule has 0 aliphatic carbocycles. The number of halogens is 1. The van der Waals surface area contributed by atoms with Crippen LogP contribution < -0.4 is 5.73 Å². The van der Waals surface area contributed by atoms with Gasteiger partial charge in [-0.15, -0.1) is 0 Å². The fourth-order valence-corrected chi connectivity index (χ4v) is 2.18. The molecular weight excluding hydrogens is 270 g/mol. The summed E-state index contributed by atoms with van der Waals surface area (Å²) in [4.78, 5) is 0. The van der Waals surface area contributed by atoms with Crippen molar-refractivity contribution in [1.29, 1.82) is 0 Å². The predicted octanol–water partition coefficient (Wildman–Crippen LogP) is 3.86. The molecule has 0 amide bonds. The smallest absolute Gasteiger partial charge is 0.0927 e. The van der Waals surface area contributed by atoms with E-state index < -0.39 is 0 Å². The maximum atomic E-state index is 5.89. The van der Waals surface area contributed by atoms with Gasteiger partial charge in [-0.1, -0.05) is 48.0 Å². The maximum absolute atomic E-state index is 5.89. The Kier molecular flexibility index (Phi) is 3.54. The first-order valence-electron chi connectivity index (χ1n) is 6.37. The van der Waals surface area contributed by atoms with Gasteiger partial charge in [-0.2, -0.15) is 5.10 Å². The summed E-state index contributed by atoms with van der Waals surface area (Å²) >= 11 is 5.89. The van der Waals surface area contributed by atoms with Crippen LogP contribution in [0, 0.1) is 0 Å². The molecule has 0 fully saturated rings. The lowest BCUT2D eigenvalue weighted by atomic mass is 10.1. The van der Waals surface area contributed by atoms with Crippen molar-refractivity contribution in [1.82, 2.24) is 10.2 Å². The second-order valence-electron chi connectivity index (χ2n) is 4.57. The first kappa shape index (κ1) is 12.9. The Labute approximate surface area is 122 Å². The van der Waals surface area contributed by atoms with Gasteiger partial charge in [0.25, 0.3) is 0 Å². The SMILES string of the molecule is NCc1ccc(-c2cc(-c3ccc(Cl)cc3)n[nH]2)cc1. The number of hydrogen-bond donors (Lipinski definition) is 2. The minimum atomic E-state index is 0.555. The Morgan fingerprint density at radius 2 is 1.60 bits per heavy atom. The van der Waals surface area contributed by atoms with E-state index in [-0.39, 0.29) is 0 Å². The van der Waals surface area contributed by atoms with Crippen LogP contribution in [0.3, 0.4) is 0 Å².